The first-order valence-corrected chi connectivity index (χ1v) is 7.94. The molecule has 2 aromatic carbocycles. The first-order chi connectivity index (χ1) is 11.3. The minimum Gasteiger partial charge on any atom is -0.496 e. The highest BCUT2D eigenvalue weighted by Crippen LogP contribution is 2.32. The van der Waals surface area contributed by atoms with Crippen LogP contribution in [0.4, 0.5) is 0 Å². The van der Waals surface area contributed by atoms with Crippen LogP contribution in [-0.2, 0) is 16.6 Å². The van der Waals surface area contributed by atoms with E-state index in [9.17, 15) is 9.90 Å². The molecule has 4 heteroatoms. The summed E-state index contributed by atoms with van der Waals surface area (Å²) in [6.45, 7) is 6.22. The zero-order chi connectivity index (χ0) is 17.7. The number of ether oxygens (including phenoxy) is 2. The van der Waals surface area contributed by atoms with Crippen molar-refractivity contribution in [3.05, 3.63) is 59.7 Å². The fraction of sp³-hybridized carbons (Fsp3) is 0.350. The van der Waals surface area contributed by atoms with Gasteiger partial charge in [0, 0.05) is 6.42 Å². The van der Waals surface area contributed by atoms with Crippen LogP contribution in [0, 0.1) is 0 Å². The van der Waals surface area contributed by atoms with Gasteiger partial charge in [-0.2, -0.15) is 0 Å². The zero-order valence-electron chi connectivity index (χ0n) is 14.6. The standard InChI is InChI=1S/C20H24O4/c1-20(2,3)15-10-6-8-12-17(15)24-18(19(21)22)13-14-9-5-7-11-16(14)23-4/h5-12,18H,13H2,1-4H3,(H,21,22). The lowest BCUT2D eigenvalue weighted by molar-refractivity contribution is -0.145. The number of carbonyl (C=O) groups is 1. The van der Waals surface area contributed by atoms with Crippen molar-refractivity contribution in [3.8, 4) is 11.5 Å². The van der Waals surface area contributed by atoms with Crippen molar-refractivity contribution in [1.82, 2.24) is 0 Å². The summed E-state index contributed by atoms with van der Waals surface area (Å²) < 4.78 is 11.2. The molecule has 0 bridgehead atoms. The molecule has 128 valence electrons. The number of hydrogen-bond acceptors (Lipinski definition) is 3. The van der Waals surface area contributed by atoms with Crippen LogP contribution in [0.15, 0.2) is 48.5 Å². The smallest absolute Gasteiger partial charge is 0.345 e. The van der Waals surface area contributed by atoms with Crippen LogP contribution in [-0.4, -0.2) is 24.3 Å². The van der Waals surface area contributed by atoms with Crippen molar-refractivity contribution in [2.75, 3.05) is 7.11 Å². The molecular weight excluding hydrogens is 304 g/mol. The van der Waals surface area contributed by atoms with E-state index in [-0.39, 0.29) is 11.8 Å². The first kappa shape index (κ1) is 17.9. The van der Waals surface area contributed by atoms with E-state index in [1.807, 2.05) is 48.5 Å². The second-order valence-corrected chi connectivity index (χ2v) is 6.71. The van der Waals surface area contributed by atoms with E-state index in [0.717, 1.165) is 11.1 Å². The molecule has 24 heavy (non-hydrogen) atoms. The van der Waals surface area contributed by atoms with E-state index < -0.39 is 12.1 Å². The molecule has 0 saturated carbocycles. The number of rotatable bonds is 6. The highest BCUT2D eigenvalue weighted by Gasteiger charge is 2.25. The van der Waals surface area contributed by atoms with Crippen LogP contribution in [0.5, 0.6) is 11.5 Å². The molecule has 0 radical (unpaired) electrons. The number of carboxylic acids is 1. The molecule has 4 nitrogen and oxygen atoms in total. The van der Waals surface area contributed by atoms with Gasteiger partial charge in [-0.3, -0.25) is 0 Å². The van der Waals surface area contributed by atoms with Gasteiger partial charge in [0.1, 0.15) is 11.5 Å². The van der Waals surface area contributed by atoms with Gasteiger partial charge < -0.3 is 14.6 Å². The third kappa shape index (κ3) is 4.28. The summed E-state index contributed by atoms with van der Waals surface area (Å²) in [5, 5.41) is 9.59. The lowest BCUT2D eigenvalue weighted by atomic mass is 9.86. The zero-order valence-corrected chi connectivity index (χ0v) is 14.6. The third-order valence-electron chi connectivity index (χ3n) is 3.84. The number of benzene rings is 2. The predicted octanol–water partition coefficient (Wildman–Crippen LogP) is 4.07. The van der Waals surface area contributed by atoms with Gasteiger partial charge in [0.15, 0.2) is 6.10 Å². The normalized spacial score (nSPS) is 12.5. The SMILES string of the molecule is COc1ccccc1CC(Oc1ccccc1C(C)(C)C)C(=O)O. The summed E-state index contributed by atoms with van der Waals surface area (Å²) in [6.07, 6.45) is -0.748. The molecule has 1 unspecified atom stereocenters. The topological polar surface area (TPSA) is 55.8 Å². The summed E-state index contributed by atoms with van der Waals surface area (Å²) in [5.74, 6) is 0.272. The van der Waals surface area contributed by atoms with Gasteiger partial charge in [0.25, 0.3) is 0 Å². The van der Waals surface area contributed by atoms with E-state index in [2.05, 4.69) is 20.8 Å². The average molecular weight is 328 g/mol. The Balaban J connectivity index is 2.29. The molecule has 0 aliphatic carbocycles. The van der Waals surface area contributed by atoms with Gasteiger partial charge in [-0.05, 0) is 28.7 Å². The van der Waals surface area contributed by atoms with Gasteiger partial charge >= 0.3 is 5.97 Å². The monoisotopic (exact) mass is 328 g/mol. The highest BCUT2D eigenvalue weighted by molar-refractivity contribution is 5.73. The quantitative estimate of drug-likeness (QED) is 0.868. The Bertz CT molecular complexity index is 701. The third-order valence-corrected chi connectivity index (χ3v) is 3.84. The van der Waals surface area contributed by atoms with E-state index >= 15 is 0 Å². The number of methoxy groups -OCH3 is 1. The largest absolute Gasteiger partial charge is 0.496 e. The van der Waals surface area contributed by atoms with E-state index in [1.54, 1.807) is 7.11 Å². The molecule has 0 spiro atoms. The van der Waals surface area contributed by atoms with Gasteiger partial charge in [0.2, 0.25) is 0 Å². The minimum atomic E-state index is -0.996. The Morgan fingerprint density at radius 3 is 2.21 bits per heavy atom. The lowest BCUT2D eigenvalue weighted by Crippen LogP contribution is -2.30. The van der Waals surface area contributed by atoms with Crippen molar-refractivity contribution < 1.29 is 19.4 Å². The molecule has 0 amide bonds. The molecule has 1 atom stereocenters. The molecule has 0 heterocycles. The van der Waals surface area contributed by atoms with Crippen molar-refractivity contribution in [3.63, 3.8) is 0 Å². The van der Waals surface area contributed by atoms with Crippen LogP contribution < -0.4 is 9.47 Å². The van der Waals surface area contributed by atoms with Crippen LogP contribution in [0.2, 0.25) is 0 Å². The summed E-state index contributed by atoms with van der Waals surface area (Å²) >= 11 is 0. The average Bonchev–Trinajstić information content (AvgIpc) is 2.54. The Kier molecular flexibility index (Phi) is 5.50. The Labute approximate surface area is 143 Å². The fourth-order valence-electron chi connectivity index (χ4n) is 2.59. The van der Waals surface area contributed by atoms with Gasteiger partial charge in [-0.15, -0.1) is 0 Å². The maximum Gasteiger partial charge on any atom is 0.345 e. The van der Waals surface area contributed by atoms with E-state index in [1.165, 1.54) is 0 Å². The molecule has 0 saturated heterocycles. The van der Waals surface area contributed by atoms with Gasteiger partial charge in [0.05, 0.1) is 7.11 Å². The second-order valence-electron chi connectivity index (χ2n) is 6.71. The van der Waals surface area contributed by atoms with Crippen molar-refractivity contribution >= 4 is 5.97 Å². The summed E-state index contributed by atoms with van der Waals surface area (Å²) in [5.41, 5.74) is 1.65. The van der Waals surface area contributed by atoms with Crippen molar-refractivity contribution in [2.24, 2.45) is 0 Å². The summed E-state index contributed by atoms with van der Waals surface area (Å²) in [7, 11) is 1.57. The maximum absolute atomic E-state index is 11.7. The number of hydrogen-bond donors (Lipinski definition) is 1. The lowest BCUT2D eigenvalue weighted by Gasteiger charge is -2.25. The molecular formula is C20H24O4. The summed E-state index contributed by atoms with van der Waals surface area (Å²) in [6, 6.07) is 15.0. The molecule has 2 aromatic rings. The Morgan fingerprint density at radius 2 is 1.62 bits per heavy atom. The molecule has 2 rings (SSSR count). The molecule has 0 aromatic heterocycles. The van der Waals surface area contributed by atoms with Crippen molar-refractivity contribution in [2.45, 2.75) is 38.7 Å². The van der Waals surface area contributed by atoms with Crippen LogP contribution in [0.25, 0.3) is 0 Å². The Morgan fingerprint density at radius 1 is 1.04 bits per heavy atom. The number of carboxylic acid groups (broad SMARTS) is 1. The Hall–Kier alpha value is -2.49. The number of para-hydroxylation sites is 2. The van der Waals surface area contributed by atoms with E-state index in [4.69, 9.17) is 9.47 Å². The van der Waals surface area contributed by atoms with Gasteiger partial charge in [-0.25, -0.2) is 4.79 Å². The maximum atomic E-state index is 11.7. The molecule has 1 N–H and O–H groups in total. The molecule has 0 aliphatic rings. The van der Waals surface area contributed by atoms with Gasteiger partial charge in [-0.1, -0.05) is 57.2 Å². The van der Waals surface area contributed by atoms with Crippen LogP contribution >= 0.6 is 0 Å². The van der Waals surface area contributed by atoms with E-state index in [0.29, 0.717) is 11.5 Å². The molecule has 0 fully saturated rings. The second kappa shape index (κ2) is 7.39. The van der Waals surface area contributed by atoms with Crippen molar-refractivity contribution in [1.29, 1.82) is 0 Å². The van der Waals surface area contributed by atoms with Crippen LogP contribution in [0.1, 0.15) is 31.9 Å². The summed E-state index contributed by atoms with van der Waals surface area (Å²) in [4.78, 5) is 11.7. The predicted molar refractivity (Wildman–Crippen MR) is 93.9 cm³/mol. The fourth-order valence-corrected chi connectivity index (χ4v) is 2.59. The number of aliphatic carboxylic acids is 1. The highest BCUT2D eigenvalue weighted by atomic mass is 16.5. The van der Waals surface area contributed by atoms with Crippen LogP contribution in [0.3, 0.4) is 0 Å². The first-order valence-electron chi connectivity index (χ1n) is 7.94. The molecule has 0 aliphatic heterocycles. The minimum absolute atomic E-state index is 0.135.